The molecule has 0 atom stereocenters. The van der Waals surface area contributed by atoms with E-state index in [4.69, 9.17) is 0 Å². The molecule has 1 heteroatoms. The van der Waals surface area contributed by atoms with Crippen molar-refractivity contribution < 1.29 is 0 Å². The maximum atomic E-state index is 2.56. The normalized spacial score (nSPS) is 13.7. The second-order valence-corrected chi connectivity index (χ2v) is 20.6. The van der Waals surface area contributed by atoms with Gasteiger partial charge in [0, 0.05) is 16.9 Å². The van der Waals surface area contributed by atoms with Gasteiger partial charge in [-0.2, -0.15) is 0 Å². The van der Waals surface area contributed by atoms with Crippen molar-refractivity contribution in [2.24, 2.45) is 0 Å². The van der Waals surface area contributed by atoms with Crippen LogP contribution in [-0.4, -0.2) is 0 Å². The largest absolute Gasteiger partial charge is 0.310 e. The van der Waals surface area contributed by atoms with Crippen molar-refractivity contribution in [1.29, 1.82) is 0 Å². The zero-order valence-corrected chi connectivity index (χ0v) is 37.8. The van der Waals surface area contributed by atoms with Gasteiger partial charge in [0.05, 0.1) is 11.1 Å². The summed E-state index contributed by atoms with van der Waals surface area (Å²) < 4.78 is 0. The summed E-state index contributed by atoms with van der Waals surface area (Å²) in [7, 11) is 0. The molecule has 0 radical (unpaired) electrons. The van der Waals surface area contributed by atoms with Gasteiger partial charge < -0.3 is 4.90 Å². The molecule has 0 aliphatic heterocycles. The smallest absolute Gasteiger partial charge is 0.0726 e. The summed E-state index contributed by atoms with van der Waals surface area (Å²) in [4.78, 5) is 2.49. The number of nitrogens with zero attached hydrogens (tertiary/aromatic N) is 1. The molecule has 2 aliphatic carbocycles. The van der Waals surface area contributed by atoms with E-state index in [9.17, 15) is 0 Å². The first-order chi connectivity index (χ1) is 29.6. The van der Waals surface area contributed by atoms with Crippen molar-refractivity contribution in [1.82, 2.24) is 0 Å². The van der Waals surface area contributed by atoms with Crippen molar-refractivity contribution in [3.63, 3.8) is 0 Å². The second-order valence-electron chi connectivity index (χ2n) is 20.6. The molecular weight excluding hydrogens is 747 g/mol. The Kier molecular flexibility index (Phi) is 9.16. The zero-order chi connectivity index (χ0) is 43.2. The number of para-hydroxylation sites is 1. The van der Waals surface area contributed by atoms with E-state index in [1.54, 1.807) is 0 Å². The van der Waals surface area contributed by atoms with Gasteiger partial charge in [-0.25, -0.2) is 0 Å². The molecule has 2 aliphatic rings. The first-order valence-electron chi connectivity index (χ1n) is 22.3. The molecule has 8 aromatic rings. The molecule has 0 saturated heterocycles. The van der Waals surface area contributed by atoms with E-state index in [0.29, 0.717) is 0 Å². The van der Waals surface area contributed by atoms with Crippen molar-refractivity contribution in [3.05, 3.63) is 221 Å². The minimum Gasteiger partial charge on any atom is -0.310 e. The Morgan fingerprint density at radius 3 is 1.15 bits per heavy atom. The molecule has 1 spiro atoms. The summed E-state index contributed by atoms with van der Waals surface area (Å²) >= 11 is 0. The highest BCUT2D eigenvalue weighted by Crippen LogP contribution is 2.64. The second kappa shape index (κ2) is 14.3. The Morgan fingerprint density at radius 2 is 0.677 bits per heavy atom. The van der Waals surface area contributed by atoms with Crippen LogP contribution >= 0.6 is 0 Å². The number of anilines is 3. The number of benzene rings is 8. The highest BCUT2D eigenvalue weighted by molar-refractivity contribution is 5.97. The van der Waals surface area contributed by atoms with Crippen LogP contribution in [-0.2, 0) is 21.7 Å². The summed E-state index contributed by atoms with van der Waals surface area (Å²) in [6.07, 6.45) is 0. The van der Waals surface area contributed by atoms with Crippen LogP contribution in [0.1, 0.15) is 101 Å². The lowest BCUT2D eigenvalue weighted by Crippen LogP contribution is -2.28. The molecule has 1 nitrogen and oxygen atoms in total. The lowest BCUT2D eigenvalue weighted by atomic mass is 9.68. The van der Waals surface area contributed by atoms with Crippen LogP contribution in [0.5, 0.6) is 0 Å². The van der Waals surface area contributed by atoms with Crippen LogP contribution in [0.3, 0.4) is 0 Å². The monoisotopic (exact) mass is 803 g/mol. The number of fused-ring (bicyclic) bond motifs is 10. The van der Waals surface area contributed by atoms with Crippen LogP contribution in [0.4, 0.5) is 17.1 Å². The molecule has 0 N–H and O–H groups in total. The van der Waals surface area contributed by atoms with E-state index in [-0.39, 0.29) is 16.2 Å². The SMILES string of the molecule is CC(C)(C)c1ccc2c(c1)C1(c3cc(N(c4ccc(-c5ccccc5)cc4)c4ccccc4-c4ccccc4)ccc3-2)c2cc(C(C)(C)C)ccc2-c2ccc(C(C)(C)C)cc21. The molecular formula is C61H57N. The average molecular weight is 804 g/mol. The van der Waals surface area contributed by atoms with Gasteiger partial charge in [0.15, 0.2) is 0 Å². The van der Waals surface area contributed by atoms with Crippen LogP contribution in [0.15, 0.2) is 182 Å². The maximum absolute atomic E-state index is 2.56. The van der Waals surface area contributed by atoms with Gasteiger partial charge in [0.1, 0.15) is 0 Å². The Morgan fingerprint density at radius 1 is 0.306 bits per heavy atom. The molecule has 8 aromatic carbocycles. The number of hydrogen-bond donors (Lipinski definition) is 0. The predicted octanol–water partition coefficient (Wildman–Crippen LogP) is 16.7. The van der Waals surface area contributed by atoms with Crippen molar-refractivity contribution >= 4 is 17.1 Å². The molecule has 10 rings (SSSR count). The third kappa shape index (κ3) is 6.36. The van der Waals surface area contributed by atoms with E-state index in [1.807, 2.05) is 0 Å². The molecule has 0 aromatic heterocycles. The van der Waals surface area contributed by atoms with Crippen molar-refractivity contribution in [3.8, 4) is 44.5 Å². The number of rotatable bonds is 5. The maximum Gasteiger partial charge on any atom is 0.0726 e. The van der Waals surface area contributed by atoms with Gasteiger partial charge in [-0.05, 0) is 124 Å². The summed E-state index contributed by atoms with van der Waals surface area (Å²) in [5.74, 6) is 0. The van der Waals surface area contributed by atoms with E-state index in [2.05, 4.69) is 249 Å². The summed E-state index contributed by atoms with van der Waals surface area (Å²) in [6.45, 7) is 21.1. The lowest BCUT2D eigenvalue weighted by molar-refractivity contribution is 0.584. The molecule has 0 unspecified atom stereocenters. The fourth-order valence-corrected chi connectivity index (χ4v) is 10.1. The summed E-state index contributed by atoms with van der Waals surface area (Å²) in [5.41, 5.74) is 22.5. The van der Waals surface area contributed by atoms with Gasteiger partial charge in [0.2, 0.25) is 0 Å². The highest BCUT2D eigenvalue weighted by atomic mass is 15.1. The average Bonchev–Trinajstić information content (AvgIpc) is 3.72. The molecule has 0 heterocycles. The van der Waals surface area contributed by atoms with Gasteiger partial charge in [-0.3, -0.25) is 0 Å². The van der Waals surface area contributed by atoms with Gasteiger partial charge in [-0.1, -0.05) is 214 Å². The molecule has 0 bridgehead atoms. The lowest BCUT2D eigenvalue weighted by Gasteiger charge is -2.35. The molecule has 0 amide bonds. The molecule has 0 fully saturated rings. The quantitative estimate of drug-likeness (QED) is 0.168. The van der Waals surface area contributed by atoms with Crippen molar-refractivity contribution in [2.45, 2.75) is 84.0 Å². The van der Waals surface area contributed by atoms with Crippen LogP contribution in [0.25, 0.3) is 44.5 Å². The standard InChI is InChI=1S/C61H57N/c1-58(2,3)43-26-32-49-50-33-27-44(59(4,5)6)37-54(50)61(53(49)36-43)55-38-45(60(7,8)9)28-34-51(55)52-35-31-47(39-56(52)61)62(46-29-24-41(25-30-46)40-18-12-10-13-19-40)57-23-17-16-22-48(57)42-20-14-11-15-21-42/h10-39H,1-9H3. The first-order valence-corrected chi connectivity index (χ1v) is 22.3. The molecule has 0 saturated carbocycles. The van der Waals surface area contributed by atoms with Gasteiger partial charge in [-0.15, -0.1) is 0 Å². The van der Waals surface area contributed by atoms with Crippen LogP contribution in [0, 0.1) is 0 Å². The first kappa shape index (κ1) is 39.7. The van der Waals surface area contributed by atoms with Crippen LogP contribution < -0.4 is 4.90 Å². The molecule has 306 valence electrons. The van der Waals surface area contributed by atoms with E-state index in [1.165, 1.54) is 83.5 Å². The Balaban J connectivity index is 1.29. The zero-order valence-electron chi connectivity index (χ0n) is 37.8. The minimum absolute atomic E-state index is 0.0230. The third-order valence-electron chi connectivity index (χ3n) is 13.6. The Bertz CT molecular complexity index is 2880. The van der Waals surface area contributed by atoms with E-state index in [0.717, 1.165) is 17.1 Å². The number of hydrogen-bond acceptors (Lipinski definition) is 1. The van der Waals surface area contributed by atoms with Gasteiger partial charge in [0.25, 0.3) is 0 Å². The van der Waals surface area contributed by atoms with Crippen molar-refractivity contribution in [2.75, 3.05) is 4.90 Å². The Labute approximate surface area is 369 Å². The third-order valence-corrected chi connectivity index (χ3v) is 13.6. The topological polar surface area (TPSA) is 3.24 Å². The van der Waals surface area contributed by atoms with Crippen LogP contribution in [0.2, 0.25) is 0 Å². The minimum atomic E-state index is -0.531. The summed E-state index contributed by atoms with van der Waals surface area (Å²) in [6, 6.07) is 68.9. The van der Waals surface area contributed by atoms with Gasteiger partial charge >= 0.3 is 0 Å². The Hall–Kier alpha value is -6.44. The fraction of sp³-hybridized carbons (Fsp3) is 0.213. The predicted molar refractivity (Wildman–Crippen MR) is 264 cm³/mol. The highest BCUT2D eigenvalue weighted by Gasteiger charge is 2.53. The fourth-order valence-electron chi connectivity index (χ4n) is 10.1. The molecule has 62 heavy (non-hydrogen) atoms. The van der Waals surface area contributed by atoms with E-state index >= 15 is 0 Å². The summed E-state index contributed by atoms with van der Waals surface area (Å²) in [5, 5.41) is 0. The van der Waals surface area contributed by atoms with E-state index < -0.39 is 5.41 Å².